The number of carbonyl (C=O) groups is 2. The Morgan fingerprint density at radius 2 is 2.06 bits per heavy atom. The van der Waals surface area contributed by atoms with Crippen molar-refractivity contribution in [3.05, 3.63) is 34.3 Å². The van der Waals surface area contributed by atoms with Gasteiger partial charge in [0, 0.05) is 32.1 Å². The van der Waals surface area contributed by atoms with Gasteiger partial charge in [0.05, 0.1) is 48.7 Å². The summed E-state index contributed by atoms with van der Waals surface area (Å²) in [6.45, 7) is 5.21. The van der Waals surface area contributed by atoms with Gasteiger partial charge in [0.15, 0.2) is 6.10 Å². The number of aliphatic hydroxyl groups is 1. The Labute approximate surface area is 220 Å². The molecule has 4 aliphatic rings. The number of carbonyl (C=O) groups excluding carboxylic acids is 2. The van der Waals surface area contributed by atoms with Crippen LogP contribution in [0.25, 0.3) is 0 Å². The number of likely N-dealkylation sites (N-methyl/N-ethyl adjacent to an activating group) is 1. The molecule has 0 bridgehead atoms. The van der Waals surface area contributed by atoms with Gasteiger partial charge in [0.25, 0.3) is 0 Å². The van der Waals surface area contributed by atoms with Crippen LogP contribution in [0, 0.1) is 5.41 Å². The molecule has 1 aromatic rings. The lowest BCUT2D eigenvalue weighted by Crippen LogP contribution is -3.18. The maximum Gasteiger partial charge on any atom is 0.344 e. The largest absolute Gasteiger partial charge is 0.495 e. The van der Waals surface area contributed by atoms with Crippen molar-refractivity contribution in [2.45, 2.75) is 68.7 Å². The molecule has 0 amide bonds. The molecule has 3 aliphatic heterocycles. The van der Waals surface area contributed by atoms with Gasteiger partial charge in [-0.05, 0) is 40.1 Å². The highest BCUT2D eigenvalue weighted by atomic mass is 79.9. The lowest BCUT2D eigenvalue weighted by Gasteiger charge is -2.61. The minimum Gasteiger partial charge on any atom is -0.495 e. The summed E-state index contributed by atoms with van der Waals surface area (Å²) in [5, 5.41) is 12.7. The third-order valence-corrected chi connectivity index (χ3v) is 9.84. The molecular weight excluding hydrogens is 528 g/mol. The molecule has 0 radical (unpaired) electrons. The van der Waals surface area contributed by atoms with Gasteiger partial charge >= 0.3 is 11.9 Å². The van der Waals surface area contributed by atoms with E-state index in [1.807, 2.05) is 18.0 Å². The van der Waals surface area contributed by atoms with Gasteiger partial charge in [0.1, 0.15) is 11.8 Å². The van der Waals surface area contributed by atoms with Gasteiger partial charge in [-0.3, -0.25) is 4.79 Å². The first kappa shape index (κ1) is 25.5. The topological polar surface area (TPSA) is 89.7 Å². The van der Waals surface area contributed by atoms with Crippen LogP contribution >= 0.6 is 15.9 Å². The number of anilines is 1. The second kappa shape index (κ2) is 8.74. The Bertz CT molecular complexity index is 1130. The molecule has 1 aromatic carbocycles. The first-order valence-corrected chi connectivity index (χ1v) is 13.5. The molecule has 1 unspecified atom stereocenters. The summed E-state index contributed by atoms with van der Waals surface area (Å²) in [6, 6.07) is 3.39. The molecule has 0 aromatic heterocycles. The van der Waals surface area contributed by atoms with Crippen molar-refractivity contribution in [2.75, 3.05) is 39.3 Å². The number of fused-ring (bicyclic) bond motifs is 1. The highest BCUT2D eigenvalue weighted by Gasteiger charge is 2.82. The molecule has 1 aliphatic carbocycles. The number of benzene rings is 1. The standard InChI is InChI=1S/C27H35BrN2O6/c1-6-7-9-25-10-8-12-30-13-11-26(21(25)30)17-14-18(28)20(34-4)15-19(17)29(3)22(26)27(33,24(32)35-5)23(25)36-16(2)31/h8,10,14-15,21-23,33H,6-7,9,11-13H2,1-5H3/p+1/t21-,22-,23+,25+,26+,27+/m0/s1. The molecule has 7 atom stereocenters. The number of quaternary nitrogens is 1. The van der Waals surface area contributed by atoms with Crippen LogP contribution in [0.2, 0.25) is 0 Å². The number of nitrogens with one attached hydrogen (secondary N) is 1. The van der Waals surface area contributed by atoms with Crippen LogP contribution < -0.4 is 14.5 Å². The molecule has 9 heteroatoms. The van der Waals surface area contributed by atoms with Crippen molar-refractivity contribution >= 4 is 33.6 Å². The van der Waals surface area contributed by atoms with Gasteiger partial charge in [-0.2, -0.15) is 0 Å². The molecule has 196 valence electrons. The third kappa shape index (κ3) is 3.05. The summed E-state index contributed by atoms with van der Waals surface area (Å²) >= 11 is 3.68. The number of halogens is 1. The van der Waals surface area contributed by atoms with Gasteiger partial charge in [0.2, 0.25) is 5.60 Å². The van der Waals surface area contributed by atoms with E-state index < -0.39 is 40.5 Å². The molecule has 3 heterocycles. The van der Waals surface area contributed by atoms with Gasteiger partial charge in [-0.15, -0.1) is 0 Å². The van der Waals surface area contributed by atoms with Crippen LogP contribution in [0.1, 0.15) is 45.1 Å². The van der Waals surface area contributed by atoms with Crippen molar-refractivity contribution < 1.29 is 33.8 Å². The number of methoxy groups -OCH3 is 2. The molecular formula is C27H36BrN2O6+. The number of rotatable bonds is 6. The van der Waals surface area contributed by atoms with E-state index in [0.29, 0.717) is 12.2 Å². The first-order valence-electron chi connectivity index (χ1n) is 12.7. The Kier molecular flexibility index (Phi) is 6.20. The number of hydrogen-bond donors (Lipinski definition) is 2. The van der Waals surface area contributed by atoms with E-state index in [0.717, 1.165) is 48.1 Å². The molecule has 1 saturated heterocycles. The highest BCUT2D eigenvalue weighted by Crippen LogP contribution is 2.64. The summed E-state index contributed by atoms with van der Waals surface area (Å²) in [6.07, 6.45) is 6.48. The number of ether oxygens (including phenoxy) is 3. The van der Waals surface area contributed by atoms with Gasteiger partial charge < -0.3 is 29.1 Å². The summed E-state index contributed by atoms with van der Waals surface area (Å²) in [4.78, 5) is 29.7. The van der Waals surface area contributed by atoms with E-state index in [4.69, 9.17) is 14.2 Å². The zero-order valence-electron chi connectivity index (χ0n) is 21.6. The zero-order valence-corrected chi connectivity index (χ0v) is 23.2. The van der Waals surface area contributed by atoms with Crippen LogP contribution in [0.5, 0.6) is 5.75 Å². The Hall–Kier alpha value is -2.10. The molecule has 2 fully saturated rings. The Morgan fingerprint density at radius 1 is 1.31 bits per heavy atom. The van der Waals surface area contributed by atoms with Crippen LogP contribution in [-0.4, -0.2) is 75.2 Å². The van der Waals surface area contributed by atoms with Crippen LogP contribution in [0.4, 0.5) is 5.69 Å². The number of nitrogens with zero attached hydrogens (tertiary/aromatic N) is 1. The van der Waals surface area contributed by atoms with Crippen LogP contribution in [0.3, 0.4) is 0 Å². The van der Waals surface area contributed by atoms with Crippen LogP contribution in [-0.2, 0) is 24.5 Å². The summed E-state index contributed by atoms with van der Waals surface area (Å²) < 4.78 is 17.8. The molecule has 1 spiro atoms. The van der Waals surface area contributed by atoms with Crippen molar-refractivity contribution in [3.63, 3.8) is 0 Å². The van der Waals surface area contributed by atoms with Crippen LogP contribution in [0.15, 0.2) is 28.8 Å². The molecule has 1 saturated carbocycles. The average molecular weight is 564 g/mol. The Balaban J connectivity index is 1.87. The summed E-state index contributed by atoms with van der Waals surface area (Å²) in [5.74, 6) is -0.617. The van der Waals surface area contributed by atoms with Crippen molar-refractivity contribution in [3.8, 4) is 5.75 Å². The maximum atomic E-state index is 13.7. The fourth-order valence-corrected chi connectivity index (χ4v) is 8.78. The van der Waals surface area contributed by atoms with E-state index in [-0.39, 0.29) is 6.04 Å². The Morgan fingerprint density at radius 3 is 2.69 bits per heavy atom. The fraction of sp³-hybridized carbons (Fsp3) is 0.630. The van der Waals surface area contributed by atoms with E-state index in [2.05, 4.69) is 41.1 Å². The molecule has 2 N–H and O–H groups in total. The van der Waals surface area contributed by atoms with Crippen molar-refractivity contribution in [1.82, 2.24) is 0 Å². The predicted octanol–water partition coefficient (Wildman–Crippen LogP) is 1.77. The molecule has 8 nitrogen and oxygen atoms in total. The quantitative estimate of drug-likeness (QED) is 0.402. The minimum atomic E-state index is -2.09. The predicted molar refractivity (Wildman–Crippen MR) is 137 cm³/mol. The van der Waals surface area contributed by atoms with Gasteiger partial charge in [-0.1, -0.05) is 25.8 Å². The second-order valence-electron chi connectivity index (χ2n) is 10.8. The SMILES string of the molecule is CCCC[C@]12C=CC[NH+]3CC[C@@]4(c5cc(Br)c(OC)cc5N(C)[C@@H]4[C@](O)(C(=O)OC)[C@@H]1OC(C)=O)[C@@H]32. The average Bonchev–Trinajstić information content (AvgIpc) is 3.36. The summed E-state index contributed by atoms with van der Waals surface area (Å²) in [5.41, 5.74) is -1.39. The van der Waals surface area contributed by atoms with Gasteiger partial charge in [-0.25, -0.2) is 4.79 Å². The van der Waals surface area contributed by atoms with Crippen molar-refractivity contribution in [1.29, 1.82) is 0 Å². The van der Waals surface area contributed by atoms with E-state index in [1.165, 1.54) is 18.9 Å². The number of esters is 2. The van der Waals surface area contributed by atoms with E-state index in [9.17, 15) is 14.7 Å². The lowest BCUT2D eigenvalue weighted by molar-refractivity contribution is -0.920. The molecule has 5 rings (SSSR count). The lowest BCUT2D eigenvalue weighted by atomic mass is 9.47. The normalized spacial score (nSPS) is 37.7. The number of unbranched alkanes of at least 4 members (excludes halogenated alkanes) is 1. The smallest absolute Gasteiger partial charge is 0.344 e. The monoisotopic (exact) mass is 563 g/mol. The maximum absolute atomic E-state index is 13.7. The minimum absolute atomic E-state index is 0.00447. The van der Waals surface area contributed by atoms with E-state index >= 15 is 0 Å². The third-order valence-electron chi connectivity index (χ3n) is 9.22. The zero-order chi connectivity index (χ0) is 26.0. The first-order chi connectivity index (χ1) is 17.1. The number of hydrogen-bond acceptors (Lipinski definition) is 7. The highest BCUT2D eigenvalue weighted by molar-refractivity contribution is 9.10. The van der Waals surface area contributed by atoms with E-state index in [1.54, 1.807) is 7.11 Å². The van der Waals surface area contributed by atoms with Crippen molar-refractivity contribution in [2.24, 2.45) is 5.41 Å². The second-order valence-corrected chi connectivity index (χ2v) is 11.6. The summed E-state index contributed by atoms with van der Waals surface area (Å²) in [7, 11) is 4.81. The fourth-order valence-electron chi connectivity index (χ4n) is 8.28. The molecule has 36 heavy (non-hydrogen) atoms.